The molecule has 1 aliphatic rings. The summed E-state index contributed by atoms with van der Waals surface area (Å²) < 4.78 is 0. The fourth-order valence-electron chi connectivity index (χ4n) is 4.26. The number of amides is 3. The van der Waals surface area contributed by atoms with Gasteiger partial charge in [-0.3, -0.25) is 14.4 Å². The van der Waals surface area contributed by atoms with E-state index in [4.69, 9.17) is 5.73 Å². The van der Waals surface area contributed by atoms with Crippen LogP contribution in [0.2, 0.25) is 0 Å². The minimum absolute atomic E-state index is 0.0747. The summed E-state index contributed by atoms with van der Waals surface area (Å²) in [5, 5.41) is 4.86. The van der Waals surface area contributed by atoms with Crippen molar-refractivity contribution in [2.24, 2.45) is 11.7 Å². The monoisotopic (exact) mass is 447 g/mol. The van der Waals surface area contributed by atoms with Crippen LogP contribution in [0.5, 0.6) is 0 Å². The molecule has 0 saturated carbocycles. The zero-order chi connectivity index (χ0) is 22.8. The highest BCUT2D eigenvalue weighted by molar-refractivity contribution is 7.10. The van der Waals surface area contributed by atoms with Crippen molar-refractivity contribution in [3.63, 3.8) is 0 Å². The third kappa shape index (κ3) is 4.03. The zero-order valence-corrected chi connectivity index (χ0v) is 18.8. The molecular formula is C25H25N3O3S. The maximum Gasteiger partial charge on any atom is 0.254 e. The highest BCUT2D eigenvalue weighted by atomic mass is 32.1. The average molecular weight is 448 g/mol. The third-order valence-electron chi connectivity index (χ3n) is 5.57. The number of benzene rings is 2. The predicted octanol–water partition coefficient (Wildman–Crippen LogP) is 4.42. The van der Waals surface area contributed by atoms with Crippen LogP contribution in [-0.2, 0) is 4.79 Å². The van der Waals surface area contributed by atoms with E-state index in [1.165, 1.54) is 11.3 Å². The molecule has 0 radical (unpaired) electrons. The van der Waals surface area contributed by atoms with Crippen molar-refractivity contribution in [1.82, 2.24) is 4.90 Å². The number of nitrogens with two attached hydrogens (primary N) is 1. The van der Waals surface area contributed by atoms with Gasteiger partial charge in [0.25, 0.3) is 11.8 Å². The summed E-state index contributed by atoms with van der Waals surface area (Å²) in [6, 6.07) is 17.4. The number of nitrogens with one attached hydrogen (secondary N) is 1. The minimum Gasteiger partial charge on any atom is -0.366 e. The molecule has 0 fully saturated rings. The van der Waals surface area contributed by atoms with Crippen LogP contribution in [0.4, 0.5) is 5.69 Å². The van der Waals surface area contributed by atoms with E-state index in [0.717, 1.165) is 4.88 Å². The Bertz CT molecular complexity index is 1160. The third-order valence-corrected chi connectivity index (χ3v) is 6.51. The number of carbonyl (C=O) groups excluding carboxylic acids is 3. The minimum atomic E-state index is -0.637. The highest BCUT2D eigenvalue weighted by Crippen LogP contribution is 2.45. The Labute approximate surface area is 191 Å². The van der Waals surface area contributed by atoms with E-state index in [9.17, 15) is 14.4 Å². The Kier molecular flexibility index (Phi) is 6.10. The average Bonchev–Trinajstić information content (AvgIpc) is 3.30. The van der Waals surface area contributed by atoms with Gasteiger partial charge in [0.05, 0.1) is 23.2 Å². The molecule has 0 unspecified atom stereocenters. The lowest BCUT2D eigenvalue weighted by Gasteiger charge is -2.42. The number of fused-ring (bicyclic) bond motifs is 1. The molecule has 0 aliphatic carbocycles. The number of primary amides is 1. The Morgan fingerprint density at radius 2 is 1.78 bits per heavy atom. The van der Waals surface area contributed by atoms with Crippen molar-refractivity contribution in [3.8, 4) is 0 Å². The van der Waals surface area contributed by atoms with E-state index in [1.807, 2.05) is 40.6 Å². The maximum atomic E-state index is 13.8. The second kappa shape index (κ2) is 8.96. The van der Waals surface area contributed by atoms with E-state index in [1.54, 1.807) is 30.3 Å². The van der Waals surface area contributed by atoms with Crippen LogP contribution in [-0.4, -0.2) is 29.2 Å². The molecule has 0 spiro atoms. The Morgan fingerprint density at radius 3 is 2.47 bits per heavy atom. The smallest absolute Gasteiger partial charge is 0.254 e. The lowest BCUT2D eigenvalue weighted by Crippen LogP contribution is -2.47. The van der Waals surface area contributed by atoms with E-state index < -0.39 is 17.9 Å². The molecule has 3 N–H and O–H groups in total. The van der Waals surface area contributed by atoms with Gasteiger partial charge in [-0.1, -0.05) is 50.2 Å². The molecule has 0 saturated heterocycles. The number of rotatable bonds is 6. The summed E-state index contributed by atoms with van der Waals surface area (Å²) in [5.41, 5.74) is 7.32. The molecule has 6 nitrogen and oxygen atoms in total. The maximum absolute atomic E-state index is 13.8. The highest BCUT2D eigenvalue weighted by Gasteiger charge is 2.44. The summed E-state index contributed by atoms with van der Waals surface area (Å²) in [6.45, 7) is 4.63. The number of para-hydroxylation sites is 1. The molecular weight excluding hydrogens is 422 g/mol. The summed E-state index contributed by atoms with van der Waals surface area (Å²) in [7, 11) is 0. The molecule has 1 aliphatic heterocycles. The topological polar surface area (TPSA) is 92.5 Å². The van der Waals surface area contributed by atoms with Gasteiger partial charge in [-0.2, -0.15) is 0 Å². The van der Waals surface area contributed by atoms with Gasteiger partial charge in [-0.15, -0.1) is 11.3 Å². The lowest BCUT2D eigenvalue weighted by atomic mass is 9.81. The van der Waals surface area contributed by atoms with Gasteiger partial charge in [0, 0.05) is 17.0 Å². The van der Waals surface area contributed by atoms with Gasteiger partial charge in [0.2, 0.25) is 5.91 Å². The summed E-state index contributed by atoms with van der Waals surface area (Å²) in [4.78, 5) is 41.8. The van der Waals surface area contributed by atoms with Crippen LogP contribution in [0.15, 0.2) is 66.0 Å². The largest absolute Gasteiger partial charge is 0.366 e. The Hall–Kier alpha value is -3.45. The first-order chi connectivity index (χ1) is 15.4. The molecule has 3 aromatic rings. The number of hydrogen-bond donors (Lipinski definition) is 2. The first-order valence-electron chi connectivity index (χ1n) is 10.5. The molecule has 32 heavy (non-hydrogen) atoms. The van der Waals surface area contributed by atoms with Crippen LogP contribution in [0, 0.1) is 5.92 Å². The second-order valence-electron chi connectivity index (χ2n) is 8.28. The standard InChI is InChI=1S/C25H25N3O3S/c1-15(2)14-28-22(20-12-7-13-32-20)21(16-8-3-4-9-17(16)25(28)31)24(30)27-19-11-6-5-10-18(19)23(26)29/h3-13,15,21-22H,14H2,1-2H3,(H2,26,29)(H,27,30)/t21-,22+/m1/s1. The predicted molar refractivity (Wildman–Crippen MR) is 126 cm³/mol. The van der Waals surface area contributed by atoms with Crippen LogP contribution in [0.1, 0.15) is 57.0 Å². The summed E-state index contributed by atoms with van der Waals surface area (Å²) >= 11 is 1.52. The molecule has 7 heteroatoms. The van der Waals surface area contributed by atoms with Gasteiger partial charge < -0.3 is 16.0 Å². The number of nitrogens with zero attached hydrogens (tertiary/aromatic N) is 1. The Balaban J connectivity index is 1.83. The molecule has 2 aromatic carbocycles. The normalized spacial score (nSPS) is 17.8. The molecule has 2 heterocycles. The van der Waals surface area contributed by atoms with Crippen molar-refractivity contribution in [1.29, 1.82) is 0 Å². The fraction of sp³-hybridized carbons (Fsp3) is 0.240. The SMILES string of the molecule is CC(C)CN1C(=O)c2ccccc2[C@@H](C(=O)Nc2ccccc2C(N)=O)[C@@H]1c1cccs1. The molecule has 4 rings (SSSR count). The Morgan fingerprint density at radius 1 is 1.06 bits per heavy atom. The van der Waals surface area contributed by atoms with Gasteiger partial charge in [0.15, 0.2) is 0 Å². The fourth-order valence-corrected chi connectivity index (χ4v) is 5.14. The van der Waals surface area contributed by atoms with Gasteiger partial charge >= 0.3 is 0 Å². The first kappa shape index (κ1) is 21.8. The molecule has 164 valence electrons. The van der Waals surface area contributed by atoms with Crippen molar-refractivity contribution in [2.75, 3.05) is 11.9 Å². The molecule has 0 bridgehead atoms. The van der Waals surface area contributed by atoms with Crippen molar-refractivity contribution < 1.29 is 14.4 Å². The van der Waals surface area contributed by atoms with E-state index >= 15 is 0 Å². The summed E-state index contributed by atoms with van der Waals surface area (Å²) in [6.07, 6.45) is 0. The molecule has 3 amide bonds. The first-order valence-corrected chi connectivity index (χ1v) is 11.4. The number of thiophene rings is 1. The lowest BCUT2D eigenvalue weighted by molar-refractivity contribution is -0.119. The zero-order valence-electron chi connectivity index (χ0n) is 17.9. The van der Waals surface area contributed by atoms with Crippen molar-refractivity contribution >= 4 is 34.7 Å². The quantitative estimate of drug-likeness (QED) is 0.586. The van der Waals surface area contributed by atoms with Gasteiger partial charge in [-0.25, -0.2) is 0 Å². The van der Waals surface area contributed by atoms with E-state index in [0.29, 0.717) is 23.4 Å². The van der Waals surface area contributed by atoms with Crippen molar-refractivity contribution in [3.05, 3.63) is 87.6 Å². The number of anilines is 1. The molecule has 1 aromatic heterocycles. The molecule has 2 atom stereocenters. The van der Waals surface area contributed by atoms with Crippen LogP contribution < -0.4 is 11.1 Å². The number of carbonyl (C=O) groups is 3. The van der Waals surface area contributed by atoms with Crippen LogP contribution >= 0.6 is 11.3 Å². The van der Waals surface area contributed by atoms with Gasteiger partial charge in [0.1, 0.15) is 0 Å². The second-order valence-corrected chi connectivity index (χ2v) is 9.25. The van der Waals surface area contributed by atoms with Crippen LogP contribution in [0.25, 0.3) is 0 Å². The number of hydrogen-bond acceptors (Lipinski definition) is 4. The van der Waals surface area contributed by atoms with Crippen molar-refractivity contribution in [2.45, 2.75) is 25.8 Å². The van der Waals surface area contributed by atoms with Crippen LogP contribution in [0.3, 0.4) is 0 Å². The van der Waals surface area contributed by atoms with E-state index in [-0.39, 0.29) is 23.3 Å². The summed E-state index contributed by atoms with van der Waals surface area (Å²) in [5.74, 6) is -1.38. The van der Waals surface area contributed by atoms with Gasteiger partial charge in [-0.05, 0) is 41.1 Å². The van der Waals surface area contributed by atoms with E-state index in [2.05, 4.69) is 19.2 Å².